The SMILES string of the molecule is CC(C(N)=O)N1CCN(C(=O)c2csc(-c3ccoc3)n2)CC1. The Morgan fingerprint density at radius 3 is 2.70 bits per heavy atom. The largest absolute Gasteiger partial charge is 0.472 e. The quantitative estimate of drug-likeness (QED) is 0.901. The number of nitrogens with zero attached hydrogens (tertiary/aromatic N) is 3. The van der Waals surface area contributed by atoms with Crippen LogP contribution in [0.15, 0.2) is 28.4 Å². The van der Waals surface area contributed by atoms with Crippen molar-refractivity contribution in [3.05, 3.63) is 29.7 Å². The van der Waals surface area contributed by atoms with Gasteiger partial charge in [0.05, 0.1) is 12.3 Å². The van der Waals surface area contributed by atoms with E-state index in [1.807, 2.05) is 11.0 Å². The molecule has 0 aliphatic carbocycles. The number of hydrogen-bond acceptors (Lipinski definition) is 6. The van der Waals surface area contributed by atoms with Crippen LogP contribution in [0.5, 0.6) is 0 Å². The monoisotopic (exact) mass is 334 g/mol. The summed E-state index contributed by atoms with van der Waals surface area (Å²) in [5, 5.41) is 2.53. The summed E-state index contributed by atoms with van der Waals surface area (Å²) in [6.07, 6.45) is 3.19. The van der Waals surface area contributed by atoms with Gasteiger partial charge >= 0.3 is 0 Å². The van der Waals surface area contributed by atoms with Gasteiger partial charge in [0, 0.05) is 37.1 Å². The molecule has 122 valence electrons. The zero-order valence-electron chi connectivity index (χ0n) is 12.8. The molecule has 1 aliphatic rings. The lowest BCUT2D eigenvalue weighted by Crippen LogP contribution is -2.54. The van der Waals surface area contributed by atoms with Crippen molar-refractivity contribution in [3.63, 3.8) is 0 Å². The number of rotatable bonds is 4. The van der Waals surface area contributed by atoms with E-state index in [0.29, 0.717) is 31.9 Å². The van der Waals surface area contributed by atoms with Crippen molar-refractivity contribution < 1.29 is 14.0 Å². The molecular formula is C15H18N4O3S. The molecule has 2 aromatic heterocycles. The molecule has 0 saturated carbocycles. The first-order valence-electron chi connectivity index (χ1n) is 7.37. The molecule has 1 aliphatic heterocycles. The highest BCUT2D eigenvalue weighted by Gasteiger charge is 2.27. The number of primary amides is 1. The highest BCUT2D eigenvalue weighted by atomic mass is 32.1. The van der Waals surface area contributed by atoms with Crippen LogP contribution in [0.1, 0.15) is 17.4 Å². The zero-order valence-corrected chi connectivity index (χ0v) is 13.6. The van der Waals surface area contributed by atoms with Crippen LogP contribution >= 0.6 is 11.3 Å². The second-order valence-electron chi connectivity index (χ2n) is 5.46. The van der Waals surface area contributed by atoms with Gasteiger partial charge in [0.1, 0.15) is 17.0 Å². The Kier molecular flexibility index (Phi) is 4.44. The highest BCUT2D eigenvalue weighted by Crippen LogP contribution is 2.24. The molecule has 0 bridgehead atoms. The van der Waals surface area contributed by atoms with Crippen molar-refractivity contribution in [3.8, 4) is 10.6 Å². The predicted molar refractivity (Wildman–Crippen MR) is 85.9 cm³/mol. The summed E-state index contributed by atoms with van der Waals surface area (Å²) in [6, 6.07) is 1.51. The standard InChI is InChI=1S/C15H18N4O3S/c1-10(13(16)20)18-3-5-19(6-4-18)15(21)12-9-23-14(17-12)11-2-7-22-8-11/h2,7-10H,3-6H2,1H3,(H2,16,20). The van der Waals surface area contributed by atoms with Crippen molar-refractivity contribution in [1.82, 2.24) is 14.8 Å². The smallest absolute Gasteiger partial charge is 0.273 e. The number of thiazole rings is 1. The number of carbonyl (C=O) groups excluding carboxylic acids is 2. The van der Waals surface area contributed by atoms with Crippen molar-refractivity contribution in [2.24, 2.45) is 5.73 Å². The fourth-order valence-electron chi connectivity index (χ4n) is 2.54. The Morgan fingerprint density at radius 2 is 2.09 bits per heavy atom. The minimum atomic E-state index is -0.339. The van der Waals surface area contributed by atoms with Gasteiger partial charge in [0.25, 0.3) is 5.91 Å². The van der Waals surface area contributed by atoms with Crippen LogP contribution in [0.3, 0.4) is 0 Å². The van der Waals surface area contributed by atoms with Gasteiger partial charge in [-0.05, 0) is 13.0 Å². The van der Waals surface area contributed by atoms with Crippen LogP contribution in [-0.2, 0) is 4.79 Å². The van der Waals surface area contributed by atoms with Crippen molar-refractivity contribution >= 4 is 23.2 Å². The van der Waals surface area contributed by atoms with E-state index >= 15 is 0 Å². The minimum Gasteiger partial charge on any atom is -0.472 e. The molecule has 3 rings (SSSR count). The van der Waals surface area contributed by atoms with Crippen LogP contribution in [0.2, 0.25) is 0 Å². The number of nitrogens with two attached hydrogens (primary N) is 1. The summed E-state index contributed by atoms with van der Waals surface area (Å²) in [5.74, 6) is -0.420. The Hall–Kier alpha value is -2.19. The summed E-state index contributed by atoms with van der Waals surface area (Å²) >= 11 is 1.42. The number of aromatic nitrogens is 1. The first kappa shape index (κ1) is 15.7. The van der Waals surface area contributed by atoms with Gasteiger partial charge in [0.2, 0.25) is 5.91 Å². The molecule has 7 nitrogen and oxygen atoms in total. The second kappa shape index (κ2) is 6.51. The van der Waals surface area contributed by atoms with E-state index in [-0.39, 0.29) is 17.9 Å². The molecule has 1 fully saturated rings. The molecule has 1 atom stereocenters. The first-order chi connectivity index (χ1) is 11.1. The Balaban J connectivity index is 1.63. The molecule has 3 heterocycles. The molecule has 1 saturated heterocycles. The molecule has 8 heteroatoms. The van der Waals surface area contributed by atoms with Crippen LogP contribution in [-0.4, -0.2) is 58.8 Å². The summed E-state index contributed by atoms with van der Waals surface area (Å²) in [6.45, 7) is 4.19. The van der Waals surface area contributed by atoms with Crippen LogP contribution in [0.4, 0.5) is 0 Å². The maximum Gasteiger partial charge on any atom is 0.273 e. The van der Waals surface area contributed by atoms with E-state index in [1.54, 1.807) is 29.7 Å². The third-order valence-electron chi connectivity index (χ3n) is 4.05. The van der Waals surface area contributed by atoms with E-state index in [2.05, 4.69) is 4.98 Å². The lowest BCUT2D eigenvalue weighted by molar-refractivity contribution is -0.123. The maximum absolute atomic E-state index is 12.5. The summed E-state index contributed by atoms with van der Waals surface area (Å²) < 4.78 is 5.04. The van der Waals surface area contributed by atoms with Gasteiger partial charge in [-0.2, -0.15) is 0 Å². The van der Waals surface area contributed by atoms with E-state index < -0.39 is 0 Å². The molecule has 2 N–H and O–H groups in total. The Bertz CT molecular complexity index is 689. The molecule has 2 aromatic rings. The number of amides is 2. The van der Waals surface area contributed by atoms with Gasteiger partial charge < -0.3 is 15.1 Å². The highest BCUT2D eigenvalue weighted by molar-refractivity contribution is 7.13. The molecule has 0 aromatic carbocycles. The number of carbonyl (C=O) groups is 2. The van der Waals surface area contributed by atoms with Crippen molar-refractivity contribution in [2.75, 3.05) is 26.2 Å². The summed E-state index contributed by atoms with van der Waals surface area (Å²) in [7, 11) is 0. The third-order valence-corrected chi connectivity index (χ3v) is 4.94. The van der Waals surface area contributed by atoms with Crippen molar-refractivity contribution in [1.29, 1.82) is 0 Å². The van der Waals surface area contributed by atoms with E-state index in [1.165, 1.54) is 11.3 Å². The molecule has 1 unspecified atom stereocenters. The van der Waals surface area contributed by atoms with Gasteiger partial charge in [-0.1, -0.05) is 0 Å². The average molecular weight is 334 g/mol. The zero-order chi connectivity index (χ0) is 16.4. The fraction of sp³-hybridized carbons (Fsp3) is 0.400. The lowest BCUT2D eigenvalue weighted by Gasteiger charge is -2.36. The first-order valence-corrected chi connectivity index (χ1v) is 8.25. The normalized spacial score (nSPS) is 17.2. The minimum absolute atomic E-state index is 0.0811. The summed E-state index contributed by atoms with van der Waals surface area (Å²) in [4.78, 5) is 31.9. The van der Waals surface area contributed by atoms with E-state index in [4.69, 9.17) is 10.2 Å². The van der Waals surface area contributed by atoms with Crippen LogP contribution in [0.25, 0.3) is 10.6 Å². The predicted octanol–water partition coefficient (Wildman–Crippen LogP) is 1.03. The average Bonchev–Trinajstić information content (AvgIpc) is 3.24. The van der Waals surface area contributed by atoms with Gasteiger partial charge in [-0.25, -0.2) is 4.98 Å². The third kappa shape index (κ3) is 3.27. The number of hydrogen-bond donors (Lipinski definition) is 1. The van der Waals surface area contributed by atoms with E-state index in [9.17, 15) is 9.59 Å². The molecular weight excluding hydrogens is 316 g/mol. The van der Waals surface area contributed by atoms with Gasteiger partial charge in [0.15, 0.2) is 0 Å². The van der Waals surface area contributed by atoms with Gasteiger partial charge in [-0.15, -0.1) is 11.3 Å². The van der Waals surface area contributed by atoms with Gasteiger partial charge in [-0.3, -0.25) is 14.5 Å². The van der Waals surface area contributed by atoms with Crippen molar-refractivity contribution in [2.45, 2.75) is 13.0 Å². The molecule has 2 amide bonds. The van der Waals surface area contributed by atoms with Crippen LogP contribution < -0.4 is 5.73 Å². The number of furan rings is 1. The Morgan fingerprint density at radius 1 is 1.35 bits per heavy atom. The Labute approximate surface area is 137 Å². The maximum atomic E-state index is 12.5. The topological polar surface area (TPSA) is 92.7 Å². The second-order valence-corrected chi connectivity index (χ2v) is 6.31. The molecule has 0 radical (unpaired) electrons. The fourth-order valence-corrected chi connectivity index (χ4v) is 3.33. The molecule has 23 heavy (non-hydrogen) atoms. The lowest BCUT2D eigenvalue weighted by atomic mass is 10.2. The number of piperazine rings is 1. The molecule has 0 spiro atoms. The van der Waals surface area contributed by atoms with Crippen LogP contribution in [0, 0.1) is 0 Å². The van der Waals surface area contributed by atoms with E-state index in [0.717, 1.165) is 10.6 Å². The summed E-state index contributed by atoms with van der Waals surface area (Å²) in [5.41, 5.74) is 6.64.